The van der Waals surface area contributed by atoms with Crippen molar-refractivity contribution in [2.45, 2.75) is 25.3 Å². The lowest BCUT2D eigenvalue weighted by molar-refractivity contribution is -0.140. The summed E-state index contributed by atoms with van der Waals surface area (Å²) >= 11 is 0. The fraction of sp³-hybridized carbons (Fsp3) is 0.500. The molecule has 1 heterocycles. The van der Waals surface area contributed by atoms with Crippen molar-refractivity contribution in [3.8, 4) is 0 Å². The Hall–Kier alpha value is -1.29. The Morgan fingerprint density at radius 2 is 2.50 bits per heavy atom. The van der Waals surface area contributed by atoms with E-state index in [4.69, 9.17) is 10.2 Å². The number of hydrogen-bond acceptors (Lipinski definition) is 4. The minimum absolute atomic E-state index is 0.0553. The number of nitrogens with two attached hydrogens (primary N) is 1. The molecule has 0 saturated heterocycles. The zero-order chi connectivity index (χ0) is 10.4. The quantitative estimate of drug-likeness (QED) is 0.718. The highest BCUT2D eigenvalue weighted by molar-refractivity contribution is 5.69. The first-order valence-electron chi connectivity index (χ1n) is 4.57. The summed E-state index contributed by atoms with van der Waals surface area (Å²) in [5.74, 6) is 0.627. The minimum Gasteiger partial charge on any atom is -0.469 e. The molecule has 0 fully saturated rings. The summed E-state index contributed by atoms with van der Waals surface area (Å²) in [5, 5.41) is 0. The molecule has 14 heavy (non-hydrogen) atoms. The number of rotatable bonds is 5. The third-order valence-corrected chi connectivity index (χ3v) is 1.99. The number of ether oxygens (including phenoxy) is 1. The molecular formula is C10H15NO3. The zero-order valence-corrected chi connectivity index (χ0v) is 8.23. The van der Waals surface area contributed by atoms with Crippen molar-refractivity contribution in [1.82, 2.24) is 0 Å². The first-order valence-corrected chi connectivity index (χ1v) is 4.57. The highest BCUT2D eigenvalue weighted by Crippen LogP contribution is 2.06. The summed E-state index contributed by atoms with van der Waals surface area (Å²) in [6.45, 7) is 0. The van der Waals surface area contributed by atoms with Crippen molar-refractivity contribution < 1.29 is 13.9 Å². The zero-order valence-electron chi connectivity index (χ0n) is 8.23. The molecule has 1 rings (SSSR count). The van der Waals surface area contributed by atoms with Crippen LogP contribution in [-0.2, 0) is 16.0 Å². The Morgan fingerprint density at radius 1 is 1.71 bits per heavy atom. The molecule has 0 spiro atoms. The van der Waals surface area contributed by atoms with Crippen LogP contribution in [0.1, 0.15) is 18.6 Å². The smallest absolute Gasteiger partial charge is 0.305 e. The van der Waals surface area contributed by atoms with Crippen LogP contribution in [0.4, 0.5) is 0 Å². The molecule has 0 amide bonds. The summed E-state index contributed by atoms with van der Waals surface area (Å²) in [6, 6.07) is 3.64. The van der Waals surface area contributed by atoms with Crippen LogP contribution in [0, 0.1) is 0 Å². The molecule has 1 atom stereocenters. The molecule has 2 N–H and O–H groups in total. The summed E-state index contributed by atoms with van der Waals surface area (Å²) in [7, 11) is 1.38. The van der Waals surface area contributed by atoms with Crippen LogP contribution in [0.3, 0.4) is 0 Å². The van der Waals surface area contributed by atoms with Gasteiger partial charge < -0.3 is 14.9 Å². The van der Waals surface area contributed by atoms with Crippen molar-refractivity contribution in [1.29, 1.82) is 0 Å². The van der Waals surface area contributed by atoms with Crippen molar-refractivity contribution in [2.24, 2.45) is 5.73 Å². The van der Waals surface area contributed by atoms with Crippen molar-refractivity contribution in [3.63, 3.8) is 0 Å². The molecule has 4 nitrogen and oxygen atoms in total. The Labute approximate surface area is 83.0 Å². The molecule has 0 saturated carbocycles. The van der Waals surface area contributed by atoms with Gasteiger partial charge in [-0.3, -0.25) is 4.79 Å². The minimum atomic E-state index is -0.222. The van der Waals surface area contributed by atoms with Crippen LogP contribution in [0.5, 0.6) is 0 Å². The summed E-state index contributed by atoms with van der Waals surface area (Å²) in [4.78, 5) is 10.8. The number of esters is 1. The highest BCUT2D eigenvalue weighted by Gasteiger charge is 2.09. The summed E-state index contributed by atoms with van der Waals surface area (Å²) in [5.41, 5.74) is 5.80. The third-order valence-electron chi connectivity index (χ3n) is 1.99. The van der Waals surface area contributed by atoms with E-state index >= 15 is 0 Å². The van der Waals surface area contributed by atoms with Gasteiger partial charge in [0.05, 0.1) is 13.4 Å². The maximum atomic E-state index is 10.8. The molecule has 0 radical (unpaired) electrons. The number of furan rings is 1. The van der Waals surface area contributed by atoms with E-state index in [1.165, 1.54) is 7.11 Å². The molecule has 1 unspecified atom stereocenters. The van der Waals surface area contributed by atoms with Crippen LogP contribution >= 0.6 is 0 Å². The molecular weight excluding hydrogens is 182 g/mol. The second kappa shape index (κ2) is 5.44. The van der Waals surface area contributed by atoms with E-state index in [-0.39, 0.29) is 12.0 Å². The van der Waals surface area contributed by atoms with Gasteiger partial charge >= 0.3 is 5.97 Å². The summed E-state index contributed by atoms with van der Waals surface area (Å²) < 4.78 is 9.66. The molecule has 0 aliphatic heterocycles. The number of carbonyl (C=O) groups excluding carboxylic acids is 1. The SMILES string of the molecule is COC(=O)CCC(N)Cc1ccco1. The van der Waals surface area contributed by atoms with Crippen LogP contribution in [0.15, 0.2) is 22.8 Å². The van der Waals surface area contributed by atoms with Crippen LogP contribution in [0.2, 0.25) is 0 Å². The first kappa shape index (κ1) is 10.8. The third kappa shape index (κ3) is 3.62. The molecule has 0 bridgehead atoms. The normalized spacial score (nSPS) is 12.4. The fourth-order valence-electron chi connectivity index (χ4n) is 1.19. The van der Waals surface area contributed by atoms with E-state index in [2.05, 4.69) is 4.74 Å². The van der Waals surface area contributed by atoms with Gasteiger partial charge in [0.2, 0.25) is 0 Å². The average Bonchev–Trinajstić information content (AvgIpc) is 2.66. The molecule has 0 aliphatic rings. The Bertz CT molecular complexity index is 269. The molecule has 1 aromatic rings. The van der Waals surface area contributed by atoms with E-state index in [1.54, 1.807) is 6.26 Å². The monoisotopic (exact) mass is 197 g/mol. The Kier molecular flexibility index (Phi) is 4.19. The van der Waals surface area contributed by atoms with Gasteiger partial charge in [-0.2, -0.15) is 0 Å². The van der Waals surface area contributed by atoms with E-state index < -0.39 is 0 Å². The van der Waals surface area contributed by atoms with E-state index in [0.717, 1.165) is 5.76 Å². The fourth-order valence-corrected chi connectivity index (χ4v) is 1.19. The Balaban J connectivity index is 2.22. The van der Waals surface area contributed by atoms with E-state index in [0.29, 0.717) is 19.3 Å². The van der Waals surface area contributed by atoms with Crippen molar-refractivity contribution >= 4 is 5.97 Å². The van der Waals surface area contributed by atoms with Gasteiger partial charge in [0, 0.05) is 18.9 Å². The van der Waals surface area contributed by atoms with Crippen molar-refractivity contribution in [2.75, 3.05) is 7.11 Å². The highest BCUT2D eigenvalue weighted by atomic mass is 16.5. The van der Waals surface area contributed by atoms with Gasteiger partial charge in [0.25, 0.3) is 0 Å². The average molecular weight is 197 g/mol. The molecule has 4 heteroatoms. The largest absolute Gasteiger partial charge is 0.469 e. The maximum absolute atomic E-state index is 10.8. The second-order valence-electron chi connectivity index (χ2n) is 3.16. The van der Waals surface area contributed by atoms with Gasteiger partial charge in [-0.25, -0.2) is 0 Å². The van der Waals surface area contributed by atoms with Crippen molar-refractivity contribution in [3.05, 3.63) is 24.2 Å². The van der Waals surface area contributed by atoms with Crippen LogP contribution < -0.4 is 5.73 Å². The molecule has 0 aliphatic carbocycles. The predicted molar refractivity (Wildman–Crippen MR) is 51.6 cm³/mol. The number of carbonyl (C=O) groups is 1. The molecule has 1 aromatic heterocycles. The molecule has 0 aromatic carbocycles. The lowest BCUT2D eigenvalue weighted by atomic mass is 10.1. The predicted octanol–water partition coefficient (Wildman–Crippen LogP) is 1.10. The second-order valence-corrected chi connectivity index (χ2v) is 3.16. The van der Waals surface area contributed by atoms with E-state index in [1.807, 2.05) is 12.1 Å². The molecule has 78 valence electrons. The van der Waals surface area contributed by atoms with Gasteiger partial charge in [0.15, 0.2) is 0 Å². The van der Waals surface area contributed by atoms with E-state index in [9.17, 15) is 4.79 Å². The van der Waals surface area contributed by atoms with Crippen LogP contribution in [-0.4, -0.2) is 19.1 Å². The first-order chi connectivity index (χ1) is 6.72. The topological polar surface area (TPSA) is 65.5 Å². The van der Waals surface area contributed by atoms with Gasteiger partial charge in [-0.1, -0.05) is 0 Å². The number of methoxy groups -OCH3 is 1. The summed E-state index contributed by atoms with van der Waals surface area (Å²) in [6.07, 6.45) is 3.25. The van der Waals surface area contributed by atoms with Gasteiger partial charge in [-0.15, -0.1) is 0 Å². The standard InChI is InChI=1S/C10H15NO3/c1-13-10(12)5-4-8(11)7-9-3-2-6-14-9/h2-3,6,8H,4-5,7,11H2,1H3. The van der Waals surface area contributed by atoms with Gasteiger partial charge in [0.1, 0.15) is 5.76 Å². The lowest BCUT2D eigenvalue weighted by Gasteiger charge is -2.08. The van der Waals surface area contributed by atoms with Gasteiger partial charge in [-0.05, 0) is 18.6 Å². The number of hydrogen-bond donors (Lipinski definition) is 1. The van der Waals surface area contributed by atoms with Crippen LogP contribution in [0.25, 0.3) is 0 Å². The Morgan fingerprint density at radius 3 is 3.07 bits per heavy atom. The lowest BCUT2D eigenvalue weighted by Crippen LogP contribution is -2.23. The maximum Gasteiger partial charge on any atom is 0.305 e.